The zero-order valence-corrected chi connectivity index (χ0v) is 20.9. The first-order valence-electron chi connectivity index (χ1n) is 9.79. The van der Waals surface area contributed by atoms with Crippen molar-refractivity contribution in [1.29, 1.82) is 0 Å². The molecule has 32 heavy (non-hydrogen) atoms. The van der Waals surface area contributed by atoms with Crippen molar-refractivity contribution in [3.8, 4) is 17.1 Å². The van der Waals surface area contributed by atoms with Gasteiger partial charge in [0.25, 0.3) is 0 Å². The van der Waals surface area contributed by atoms with Crippen molar-refractivity contribution in [2.24, 2.45) is 0 Å². The summed E-state index contributed by atoms with van der Waals surface area (Å²) in [6.07, 6.45) is 1.54. The smallest absolute Gasteiger partial charge is 0.361 e. The zero-order chi connectivity index (χ0) is 23.0. The van der Waals surface area contributed by atoms with Gasteiger partial charge in [-0.15, -0.1) is 0 Å². The Hall–Kier alpha value is -2.34. The van der Waals surface area contributed by atoms with Crippen molar-refractivity contribution in [2.75, 3.05) is 6.61 Å². The van der Waals surface area contributed by atoms with Gasteiger partial charge in [-0.3, -0.25) is 9.09 Å². The molecule has 3 aromatic heterocycles. The Morgan fingerprint density at radius 1 is 1.28 bits per heavy atom. The Morgan fingerprint density at radius 2 is 2.06 bits per heavy atom. The van der Waals surface area contributed by atoms with Crippen LogP contribution in [0.1, 0.15) is 0 Å². The van der Waals surface area contributed by atoms with Gasteiger partial charge < -0.3 is 4.74 Å². The van der Waals surface area contributed by atoms with Gasteiger partial charge in [0, 0.05) is 20.9 Å². The highest BCUT2D eigenvalue weighted by molar-refractivity contribution is 9.10. The van der Waals surface area contributed by atoms with Gasteiger partial charge in [-0.2, -0.15) is 4.98 Å². The third-order valence-corrected chi connectivity index (χ3v) is 7.42. The number of rotatable bonds is 7. The van der Waals surface area contributed by atoms with E-state index in [2.05, 4.69) is 50.7 Å². The first-order chi connectivity index (χ1) is 15.2. The second-order valence-corrected chi connectivity index (χ2v) is 15.2. The number of imidazole rings is 1. The maximum Gasteiger partial charge on any atom is 0.446 e. The lowest BCUT2D eigenvalue weighted by Crippen LogP contribution is -2.22. The van der Waals surface area contributed by atoms with Crippen LogP contribution in [0, 0.1) is 5.82 Å². The minimum atomic E-state index is -1.25. The summed E-state index contributed by atoms with van der Waals surface area (Å²) < 4.78 is 27.7. The minimum Gasteiger partial charge on any atom is -0.361 e. The maximum atomic E-state index is 13.7. The molecule has 4 aromatic rings. The van der Waals surface area contributed by atoms with Crippen LogP contribution in [0.2, 0.25) is 31.0 Å². The molecule has 3 heterocycles. The number of aromatic nitrogens is 5. The lowest BCUT2D eigenvalue weighted by atomic mass is 10.2. The Morgan fingerprint density at radius 3 is 2.78 bits per heavy atom. The monoisotopic (exact) mass is 539 g/mol. The van der Waals surface area contributed by atoms with Crippen molar-refractivity contribution in [3.05, 3.63) is 56.6 Å². The van der Waals surface area contributed by atoms with Gasteiger partial charge in [-0.25, -0.2) is 18.7 Å². The number of hydrogen-bond acceptors (Lipinski definition) is 6. The predicted molar refractivity (Wildman–Crippen MR) is 125 cm³/mol. The van der Waals surface area contributed by atoms with Crippen LogP contribution in [-0.4, -0.2) is 38.9 Å². The average Bonchev–Trinajstić information content (AvgIpc) is 3.26. The first-order valence-corrected chi connectivity index (χ1v) is 14.7. The molecule has 0 bridgehead atoms. The van der Waals surface area contributed by atoms with Crippen molar-refractivity contribution < 1.29 is 13.7 Å². The number of fused-ring (bicyclic) bond motifs is 1. The summed E-state index contributed by atoms with van der Waals surface area (Å²) >= 11 is 9.52. The summed E-state index contributed by atoms with van der Waals surface area (Å²) in [5.41, 5.74) is 1.83. The van der Waals surface area contributed by atoms with E-state index in [4.69, 9.17) is 20.9 Å². The highest BCUT2D eigenvalue weighted by Gasteiger charge is 2.22. The lowest BCUT2D eigenvalue weighted by Gasteiger charge is -2.16. The molecule has 0 saturated carbocycles. The number of pyridine rings is 1. The lowest BCUT2D eigenvalue weighted by molar-refractivity contribution is 0.0901. The largest absolute Gasteiger partial charge is 0.446 e. The first kappa shape index (κ1) is 22.8. The quantitative estimate of drug-likeness (QED) is 0.239. The van der Waals surface area contributed by atoms with Gasteiger partial charge in [0.2, 0.25) is 5.28 Å². The Balaban J connectivity index is 1.79. The summed E-state index contributed by atoms with van der Waals surface area (Å²) in [7, 11) is -1.25. The molecular weight excluding hydrogens is 521 g/mol. The fraction of sp³-hybridized carbons (Fsp3) is 0.300. The van der Waals surface area contributed by atoms with E-state index in [9.17, 15) is 9.18 Å². The molecule has 0 spiro atoms. The summed E-state index contributed by atoms with van der Waals surface area (Å²) in [6.45, 7) is 7.59. The van der Waals surface area contributed by atoms with E-state index in [1.54, 1.807) is 16.8 Å². The molecule has 0 aliphatic rings. The molecule has 1 aromatic carbocycles. The molecule has 0 aliphatic carbocycles. The standard InChI is InChI=1S/C20H20BrClFN5O3Si/c1-32(2,3)9-8-30-11-27-16-13(6-7-24-17(16)25-19(27)22)18-26-31-20(29)28(18)12-4-5-15(23)14(21)10-12/h4-7,10H,8-9,11H2,1-3H3. The molecule has 168 valence electrons. The number of benzene rings is 1. The Labute approximate surface area is 197 Å². The van der Waals surface area contributed by atoms with Crippen LogP contribution in [0.4, 0.5) is 4.39 Å². The summed E-state index contributed by atoms with van der Waals surface area (Å²) in [4.78, 5) is 21.1. The molecule has 0 fully saturated rings. The average molecular weight is 541 g/mol. The number of ether oxygens (including phenoxy) is 1. The van der Waals surface area contributed by atoms with Crippen LogP contribution in [0.5, 0.6) is 0 Å². The molecule has 8 nitrogen and oxygen atoms in total. The minimum absolute atomic E-state index is 0.169. The topological polar surface area (TPSA) is 88.0 Å². The van der Waals surface area contributed by atoms with Crippen LogP contribution in [0.15, 0.2) is 44.3 Å². The van der Waals surface area contributed by atoms with Crippen molar-refractivity contribution >= 4 is 46.8 Å². The van der Waals surface area contributed by atoms with Gasteiger partial charge in [0.1, 0.15) is 18.1 Å². The van der Waals surface area contributed by atoms with Crippen molar-refractivity contribution in [1.82, 2.24) is 24.3 Å². The number of halogens is 3. The van der Waals surface area contributed by atoms with E-state index in [1.807, 2.05) is 0 Å². The molecule has 0 aliphatic heterocycles. The van der Waals surface area contributed by atoms with E-state index in [1.165, 1.54) is 22.8 Å². The van der Waals surface area contributed by atoms with Gasteiger partial charge in [-0.1, -0.05) is 24.8 Å². The number of hydrogen-bond donors (Lipinski definition) is 0. The van der Waals surface area contributed by atoms with Crippen LogP contribution >= 0.6 is 27.5 Å². The zero-order valence-electron chi connectivity index (χ0n) is 17.6. The van der Waals surface area contributed by atoms with Gasteiger partial charge in [0.15, 0.2) is 11.5 Å². The SMILES string of the molecule is C[Si](C)(C)CCOCn1c(Cl)nc2nccc(-c3noc(=O)n3-c3ccc(F)c(Br)c3)c21. The molecule has 0 atom stereocenters. The maximum absolute atomic E-state index is 13.7. The van der Waals surface area contributed by atoms with Crippen LogP contribution in [-0.2, 0) is 11.5 Å². The third kappa shape index (κ3) is 4.56. The predicted octanol–water partition coefficient (Wildman–Crippen LogP) is 5.10. The third-order valence-electron chi connectivity index (χ3n) is 4.82. The molecule has 0 unspecified atom stereocenters. The fourth-order valence-electron chi connectivity index (χ4n) is 3.14. The summed E-state index contributed by atoms with van der Waals surface area (Å²) in [5, 5.41) is 4.17. The molecule has 4 rings (SSSR count). The van der Waals surface area contributed by atoms with Gasteiger partial charge >= 0.3 is 5.76 Å². The van der Waals surface area contributed by atoms with Crippen molar-refractivity contribution in [3.63, 3.8) is 0 Å². The van der Waals surface area contributed by atoms with Crippen LogP contribution in [0.3, 0.4) is 0 Å². The van der Waals surface area contributed by atoms with Crippen molar-refractivity contribution in [2.45, 2.75) is 32.4 Å². The normalized spacial score (nSPS) is 12.1. The second-order valence-electron chi connectivity index (χ2n) is 8.39. The Kier molecular flexibility index (Phi) is 6.34. The molecule has 0 radical (unpaired) electrons. The second kappa shape index (κ2) is 8.89. The van der Waals surface area contributed by atoms with Crippen LogP contribution in [0.25, 0.3) is 28.2 Å². The summed E-state index contributed by atoms with van der Waals surface area (Å²) in [5.74, 6) is -0.959. The van der Waals surface area contributed by atoms with Gasteiger partial charge in [0.05, 0.1) is 15.7 Å². The van der Waals surface area contributed by atoms with E-state index >= 15 is 0 Å². The van der Waals surface area contributed by atoms with Gasteiger partial charge in [-0.05, 0) is 57.8 Å². The highest BCUT2D eigenvalue weighted by Crippen LogP contribution is 2.30. The van der Waals surface area contributed by atoms with E-state index in [0.29, 0.717) is 29.0 Å². The van der Waals surface area contributed by atoms with E-state index in [-0.39, 0.29) is 22.3 Å². The number of nitrogens with zero attached hydrogens (tertiary/aromatic N) is 5. The molecule has 12 heteroatoms. The van der Waals surface area contributed by atoms with E-state index < -0.39 is 19.6 Å². The Bertz CT molecular complexity index is 1350. The van der Waals surface area contributed by atoms with Crippen LogP contribution < -0.4 is 5.76 Å². The van der Waals surface area contributed by atoms with E-state index in [0.717, 1.165) is 6.04 Å². The highest BCUT2D eigenvalue weighted by atomic mass is 79.9. The molecular formula is C20H20BrClFN5O3Si. The molecule has 0 amide bonds. The summed E-state index contributed by atoms with van der Waals surface area (Å²) in [6, 6.07) is 6.87. The molecule has 0 saturated heterocycles. The fourth-order valence-corrected chi connectivity index (χ4v) is 4.47. The molecule has 0 N–H and O–H groups in total.